The Balaban J connectivity index is 1.57. The van der Waals surface area contributed by atoms with Crippen LogP contribution in [-0.4, -0.2) is 26.8 Å². The van der Waals surface area contributed by atoms with Gasteiger partial charge in [0.15, 0.2) is 17.3 Å². The number of hydrogen-bond acceptors (Lipinski definition) is 7. The number of hydrogen-bond donors (Lipinski definition) is 0. The number of carbonyl (C=O) groups excluding carboxylic acids is 1. The standard InChI is InChI=1S/C27H22Cl2O7/c1-32-22-11-9-16(14-23(22)33-2)26-27(25(31)18-6-3-4-7-20(18)35-26)36-24(30)8-5-13-34-21-12-10-17(28)15-19(21)29/h3-4,6-7,9-12,14-15H,5,8,13H2,1-2H3. The number of halogens is 2. The maximum Gasteiger partial charge on any atom is 0.311 e. The van der Waals surface area contributed by atoms with Crippen LogP contribution >= 0.6 is 23.2 Å². The van der Waals surface area contributed by atoms with E-state index in [1.165, 1.54) is 14.2 Å². The Kier molecular flexibility index (Phi) is 8.03. The second kappa shape index (κ2) is 11.4. The Morgan fingerprint density at radius 2 is 1.67 bits per heavy atom. The van der Waals surface area contributed by atoms with Crippen molar-refractivity contribution in [1.29, 1.82) is 0 Å². The molecule has 0 bridgehead atoms. The molecule has 0 aliphatic heterocycles. The minimum absolute atomic E-state index is 0.00283. The van der Waals surface area contributed by atoms with Gasteiger partial charge >= 0.3 is 5.97 Å². The molecule has 0 aliphatic carbocycles. The fourth-order valence-electron chi connectivity index (χ4n) is 3.54. The molecule has 0 aliphatic rings. The summed E-state index contributed by atoms with van der Waals surface area (Å²) in [5, 5.41) is 1.17. The molecule has 0 amide bonds. The van der Waals surface area contributed by atoms with E-state index in [1.807, 2.05) is 0 Å². The first-order valence-corrected chi connectivity index (χ1v) is 11.7. The molecule has 0 radical (unpaired) electrons. The molecule has 9 heteroatoms. The fraction of sp³-hybridized carbons (Fsp3) is 0.185. The van der Waals surface area contributed by atoms with Crippen molar-refractivity contribution in [2.75, 3.05) is 20.8 Å². The fourth-order valence-corrected chi connectivity index (χ4v) is 4.00. The Bertz CT molecular complexity index is 1460. The molecular formula is C27H22Cl2O7. The van der Waals surface area contributed by atoms with Crippen molar-refractivity contribution in [3.8, 4) is 34.3 Å². The zero-order chi connectivity index (χ0) is 25.7. The minimum Gasteiger partial charge on any atom is -0.493 e. The van der Waals surface area contributed by atoms with Crippen molar-refractivity contribution in [2.45, 2.75) is 12.8 Å². The molecule has 3 aromatic carbocycles. The summed E-state index contributed by atoms with van der Waals surface area (Å²) in [6.45, 7) is 0.214. The third-order valence-electron chi connectivity index (χ3n) is 5.29. The smallest absolute Gasteiger partial charge is 0.311 e. The number of methoxy groups -OCH3 is 2. The van der Waals surface area contributed by atoms with Gasteiger partial charge in [-0.2, -0.15) is 0 Å². The number of esters is 1. The molecule has 0 spiro atoms. The van der Waals surface area contributed by atoms with E-state index < -0.39 is 11.4 Å². The van der Waals surface area contributed by atoms with Crippen LogP contribution in [0.15, 0.2) is 69.9 Å². The molecule has 4 aromatic rings. The highest BCUT2D eigenvalue weighted by atomic mass is 35.5. The van der Waals surface area contributed by atoms with E-state index in [0.29, 0.717) is 50.2 Å². The first-order valence-electron chi connectivity index (χ1n) is 11.0. The van der Waals surface area contributed by atoms with Crippen LogP contribution in [0, 0.1) is 0 Å². The summed E-state index contributed by atoms with van der Waals surface area (Å²) < 4.78 is 27.8. The Morgan fingerprint density at radius 1 is 0.917 bits per heavy atom. The summed E-state index contributed by atoms with van der Waals surface area (Å²) in [5.41, 5.74) is 0.388. The van der Waals surface area contributed by atoms with E-state index in [9.17, 15) is 9.59 Å². The second-order valence-electron chi connectivity index (χ2n) is 7.66. The molecule has 4 rings (SSSR count). The average Bonchev–Trinajstić information content (AvgIpc) is 2.88. The van der Waals surface area contributed by atoms with E-state index in [2.05, 4.69) is 0 Å². The normalized spacial score (nSPS) is 10.8. The predicted octanol–water partition coefficient (Wildman–Crippen LogP) is 6.55. The van der Waals surface area contributed by atoms with Crippen LogP contribution in [-0.2, 0) is 4.79 Å². The van der Waals surface area contributed by atoms with Gasteiger partial charge in [0.2, 0.25) is 11.2 Å². The predicted molar refractivity (Wildman–Crippen MR) is 138 cm³/mol. The van der Waals surface area contributed by atoms with Gasteiger partial charge in [-0.15, -0.1) is 0 Å². The molecule has 1 aromatic heterocycles. The van der Waals surface area contributed by atoms with Crippen molar-refractivity contribution in [2.24, 2.45) is 0 Å². The zero-order valence-corrected chi connectivity index (χ0v) is 21.0. The van der Waals surface area contributed by atoms with Crippen molar-refractivity contribution < 1.29 is 28.2 Å². The minimum atomic E-state index is -0.606. The van der Waals surface area contributed by atoms with E-state index in [1.54, 1.807) is 60.7 Å². The Hall–Kier alpha value is -3.68. The maximum absolute atomic E-state index is 13.3. The number of ether oxygens (including phenoxy) is 4. The van der Waals surface area contributed by atoms with Crippen LogP contribution < -0.4 is 24.4 Å². The van der Waals surface area contributed by atoms with E-state index in [0.717, 1.165) is 0 Å². The van der Waals surface area contributed by atoms with Gasteiger partial charge in [0.1, 0.15) is 11.3 Å². The lowest BCUT2D eigenvalue weighted by molar-refractivity contribution is -0.134. The monoisotopic (exact) mass is 528 g/mol. The number of rotatable bonds is 9. The van der Waals surface area contributed by atoms with Crippen molar-refractivity contribution in [1.82, 2.24) is 0 Å². The van der Waals surface area contributed by atoms with Gasteiger partial charge in [-0.05, 0) is 55.0 Å². The van der Waals surface area contributed by atoms with Gasteiger partial charge in [0, 0.05) is 17.0 Å². The zero-order valence-electron chi connectivity index (χ0n) is 19.5. The SMILES string of the molecule is COc1ccc(-c2oc3ccccc3c(=O)c2OC(=O)CCCOc2ccc(Cl)cc2Cl)cc1OC. The number of para-hydroxylation sites is 1. The highest BCUT2D eigenvalue weighted by molar-refractivity contribution is 6.35. The molecule has 36 heavy (non-hydrogen) atoms. The topological polar surface area (TPSA) is 84.2 Å². The maximum atomic E-state index is 13.3. The number of benzene rings is 3. The van der Waals surface area contributed by atoms with Gasteiger partial charge in [0.25, 0.3) is 0 Å². The summed E-state index contributed by atoms with van der Waals surface area (Å²) in [7, 11) is 3.02. The van der Waals surface area contributed by atoms with Crippen LogP contribution in [0.4, 0.5) is 0 Å². The summed E-state index contributed by atoms with van der Waals surface area (Å²) in [6, 6.07) is 16.6. The number of carbonyl (C=O) groups is 1. The number of fused-ring (bicyclic) bond motifs is 1. The average molecular weight is 529 g/mol. The van der Waals surface area contributed by atoms with Crippen molar-refractivity contribution in [3.63, 3.8) is 0 Å². The molecular weight excluding hydrogens is 507 g/mol. The summed E-state index contributed by atoms with van der Waals surface area (Å²) in [4.78, 5) is 26.0. The van der Waals surface area contributed by atoms with Gasteiger partial charge in [-0.3, -0.25) is 9.59 Å². The van der Waals surface area contributed by atoms with Crippen LogP contribution in [0.25, 0.3) is 22.3 Å². The molecule has 186 valence electrons. The largest absolute Gasteiger partial charge is 0.493 e. The first kappa shape index (κ1) is 25.4. The third-order valence-corrected chi connectivity index (χ3v) is 5.82. The first-order chi connectivity index (χ1) is 17.4. The van der Waals surface area contributed by atoms with Crippen LogP contribution in [0.1, 0.15) is 12.8 Å². The third kappa shape index (κ3) is 5.58. The Morgan fingerprint density at radius 3 is 2.42 bits per heavy atom. The van der Waals surface area contributed by atoms with E-state index >= 15 is 0 Å². The van der Waals surface area contributed by atoms with Crippen molar-refractivity contribution in [3.05, 3.63) is 80.9 Å². The Labute approximate surface area is 217 Å². The van der Waals surface area contributed by atoms with Gasteiger partial charge < -0.3 is 23.4 Å². The molecule has 1 heterocycles. The summed E-state index contributed by atoms with van der Waals surface area (Å²) in [6.07, 6.45) is 0.339. The quantitative estimate of drug-likeness (QED) is 0.180. The summed E-state index contributed by atoms with van der Waals surface area (Å²) >= 11 is 12.0. The van der Waals surface area contributed by atoms with Gasteiger partial charge in [0.05, 0.1) is 31.2 Å². The molecule has 0 fully saturated rings. The lowest BCUT2D eigenvalue weighted by Gasteiger charge is -2.13. The van der Waals surface area contributed by atoms with E-state index in [4.69, 9.17) is 46.6 Å². The van der Waals surface area contributed by atoms with Gasteiger partial charge in [-0.25, -0.2) is 0 Å². The van der Waals surface area contributed by atoms with Crippen molar-refractivity contribution >= 4 is 40.1 Å². The lowest BCUT2D eigenvalue weighted by atomic mass is 10.1. The summed E-state index contributed by atoms with van der Waals surface area (Å²) in [5.74, 6) is 0.694. The molecule has 0 saturated heterocycles. The highest BCUT2D eigenvalue weighted by Crippen LogP contribution is 2.37. The van der Waals surface area contributed by atoms with Crippen LogP contribution in [0.5, 0.6) is 23.0 Å². The molecule has 0 unspecified atom stereocenters. The van der Waals surface area contributed by atoms with Crippen LogP contribution in [0.3, 0.4) is 0 Å². The molecule has 0 saturated carbocycles. The van der Waals surface area contributed by atoms with Crippen LogP contribution in [0.2, 0.25) is 10.0 Å². The molecule has 7 nitrogen and oxygen atoms in total. The van der Waals surface area contributed by atoms with E-state index in [-0.39, 0.29) is 24.5 Å². The lowest BCUT2D eigenvalue weighted by Crippen LogP contribution is -2.16. The molecule has 0 atom stereocenters. The second-order valence-corrected chi connectivity index (χ2v) is 8.50. The van der Waals surface area contributed by atoms with Gasteiger partial charge in [-0.1, -0.05) is 35.3 Å². The highest BCUT2D eigenvalue weighted by Gasteiger charge is 2.21. The molecule has 0 N–H and O–H groups in total.